The second-order valence-corrected chi connectivity index (χ2v) is 7.30. The molecule has 2 rings (SSSR count). The van der Waals surface area contributed by atoms with Gasteiger partial charge >= 0.3 is 0 Å². The number of rotatable bonds is 5. The van der Waals surface area contributed by atoms with Crippen LogP contribution in [0.1, 0.15) is 30.6 Å². The molecule has 1 atom stereocenters. The van der Waals surface area contributed by atoms with Crippen LogP contribution in [0, 0.1) is 5.92 Å². The molecule has 110 valence electrons. The molecule has 1 amide bonds. The highest BCUT2D eigenvalue weighted by atomic mass is 32.2. The molecule has 0 radical (unpaired) electrons. The molecular formula is C16H24N2OS. The van der Waals surface area contributed by atoms with Crippen LogP contribution in [0.3, 0.4) is 0 Å². The maximum atomic E-state index is 12.4. The van der Waals surface area contributed by atoms with Crippen LogP contribution < -0.4 is 5.32 Å². The Balaban J connectivity index is 1.96. The SMILES string of the molecule is CNCC1CCN(C(=O)c2ccc(SC(C)C)cc2)C1. The van der Waals surface area contributed by atoms with Crippen molar-refractivity contribution < 1.29 is 4.79 Å². The Morgan fingerprint density at radius 2 is 2.10 bits per heavy atom. The maximum absolute atomic E-state index is 12.4. The van der Waals surface area contributed by atoms with Crippen molar-refractivity contribution in [2.24, 2.45) is 5.92 Å². The normalized spacial score (nSPS) is 18.8. The molecule has 0 saturated carbocycles. The van der Waals surface area contributed by atoms with Gasteiger partial charge in [-0.25, -0.2) is 0 Å². The van der Waals surface area contributed by atoms with Gasteiger partial charge < -0.3 is 10.2 Å². The third kappa shape index (κ3) is 4.00. The first-order valence-electron chi connectivity index (χ1n) is 7.30. The fourth-order valence-electron chi connectivity index (χ4n) is 2.60. The Hall–Kier alpha value is -1.00. The van der Waals surface area contributed by atoms with Gasteiger partial charge in [0.2, 0.25) is 0 Å². The van der Waals surface area contributed by atoms with Crippen molar-refractivity contribution in [2.75, 3.05) is 26.7 Å². The summed E-state index contributed by atoms with van der Waals surface area (Å²) in [4.78, 5) is 15.6. The first-order chi connectivity index (χ1) is 9.60. The monoisotopic (exact) mass is 292 g/mol. The number of nitrogens with one attached hydrogen (secondary N) is 1. The number of nitrogens with zero attached hydrogens (tertiary/aromatic N) is 1. The highest BCUT2D eigenvalue weighted by molar-refractivity contribution is 7.99. The van der Waals surface area contributed by atoms with E-state index in [1.54, 1.807) is 0 Å². The van der Waals surface area contributed by atoms with Crippen LogP contribution in [0.4, 0.5) is 0 Å². The zero-order valence-corrected chi connectivity index (χ0v) is 13.4. The maximum Gasteiger partial charge on any atom is 0.253 e. The van der Waals surface area contributed by atoms with Gasteiger partial charge in [0.05, 0.1) is 0 Å². The molecular weight excluding hydrogens is 268 g/mol. The molecule has 1 aromatic rings. The molecule has 1 aliphatic rings. The number of carbonyl (C=O) groups is 1. The molecule has 1 aliphatic heterocycles. The summed E-state index contributed by atoms with van der Waals surface area (Å²) in [5.74, 6) is 0.768. The van der Waals surface area contributed by atoms with Gasteiger partial charge in [0.15, 0.2) is 0 Å². The molecule has 1 aromatic carbocycles. The van der Waals surface area contributed by atoms with E-state index in [9.17, 15) is 4.79 Å². The Morgan fingerprint density at radius 1 is 1.40 bits per heavy atom. The van der Waals surface area contributed by atoms with Crippen LogP contribution in [0.25, 0.3) is 0 Å². The summed E-state index contributed by atoms with van der Waals surface area (Å²) in [5, 5.41) is 3.76. The number of amides is 1. The molecule has 0 aromatic heterocycles. The second-order valence-electron chi connectivity index (χ2n) is 5.65. The van der Waals surface area contributed by atoms with Crippen LogP contribution >= 0.6 is 11.8 Å². The van der Waals surface area contributed by atoms with Crippen molar-refractivity contribution in [1.29, 1.82) is 0 Å². The fraction of sp³-hybridized carbons (Fsp3) is 0.562. The van der Waals surface area contributed by atoms with Crippen molar-refractivity contribution in [3.63, 3.8) is 0 Å². The molecule has 0 bridgehead atoms. The van der Waals surface area contributed by atoms with Gasteiger partial charge in [-0.3, -0.25) is 4.79 Å². The molecule has 20 heavy (non-hydrogen) atoms. The van der Waals surface area contributed by atoms with E-state index in [1.165, 1.54) is 4.90 Å². The van der Waals surface area contributed by atoms with E-state index in [0.717, 1.165) is 31.6 Å². The highest BCUT2D eigenvalue weighted by Crippen LogP contribution is 2.24. The fourth-order valence-corrected chi connectivity index (χ4v) is 3.44. The third-order valence-corrected chi connectivity index (χ3v) is 4.55. The van der Waals surface area contributed by atoms with E-state index in [0.29, 0.717) is 11.2 Å². The zero-order chi connectivity index (χ0) is 14.5. The summed E-state index contributed by atoms with van der Waals surface area (Å²) in [6.45, 7) is 7.11. The van der Waals surface area contributed by atoms with Crippen LogP contribution in [-0.4, -0.2) is 42.7 Å². The lowest BCUT2D eigenvalue weighted by atomic mass is 10.1. The van der Waals surface area contributed by atoms with E-state index >= 15 is 0 Å². The second kappa shape index (κ2) is 7.14. The minimum atomic E-state index is 0.171. The first-order valence-corrected chi connectivity index (χ1v) is 8.18. The molecule has 0 spiro atoms. The largest absolute Gasteiger partial charge is 0.338 e. The summed E-state index contributed by atoms with van der Waals surface area (Å²) >= 11 is 1.82. The highest BCUT2D eigenvalue weighted by Gasteiger charge is 2.26. The molecule has 4 heteroatoms. The minimum absolute atomic E-state index is 0.171. The van der Waals surface area contributed by atoms with Crippen molar-refractivity contribution in [2.45, 2.75) is 30.4 Å². The lowest BCUT2D eigenvalue weighted by Crippen LogP contribution is -2.30. The van der Waals surface area contributed by atoms with Crippen molar-refractivity contribution in [3.8, 4) is 0 Å². The molecule has 0 aliphatic carbocycles. The summed E-state index contributed by atoms with van der Waals surface area (Å²) in [7, 11) is 1.97. The van der Waals surface area contributed by atoms with E-state index in [4.69, 9.17) is 0 Å². The van der Waals surface area contributed by atoms with Gasteiger partial charge in [-0.05, 0) is 50.2 Å². The summed E-state index contributed by atoms with van der Waals surface area (Å²) < 4.78 is 0. The van der Waals surface area contributed by atoms with E-state index < -0.39 is 0 Å². The van der Waals surface area contributed by atoms with Gasteiger partial charge in [0, 0.05) is 28.8 Å². The van der Waals surface area contributed by atoms with Crippen molar-refractivity contribution >= 4 is 17.7 Å². The van der Waals surface area contributed by atoms with Crippen molar-refractivity contribution in [3.05, 3.63) is 29.8 Å². The number of hydrogen-bond donors (Lipinski definition) is 1. The number of likely N-dealkylation sites (tertiary alicyclic amines) is 1. The Kier molecular flexibility index (Phi) is 5.49. The Bertz CT molecular complexity index is 444. The summed E-state index contributed by atoms with van der Waals surface area (Å²) in [5.41, 5.74) is 0.809. The number of hydrogen-bond acceptors (Lipinski definition) is 3. The molecule has 1 N–H and O–H groups in total. The molecule has 1 unspecified atom stereocenters. The van der Waals surface area contributed by atoms with Gasteiger partial charge in [0.25, 0.3) is 5.91 Å². The van der Waals surface area contributed by atoms with Gasteiger partial charge in [0.1, 0.15) is 0 Å². The minimum Gasteiger partial charge on any atom is -0.338 e. The van der Waals surface area contributed by atoms with E-state index in [-0.39, 0.29) is 5.91 Å². The number of carbonyl (C=O) groups excluding carboxylic acids is 1. The lowest BCUT2D eigenvalue weighted by Gasteiger charge is -2.17. The van der Waals surface area contributed by atoms with Crippen LogP contribution in [-0.2, 0) is 0 Å². The predicted octanol–water partition coefficient (Wildman–Crippen LogP) is 2.87. The van der Waals surface area contributed by atoms with E-state index in [1.807, 2.05) is 35.8 Å². The smallest absolute Gasteiger partial charge is 0.253 e. The van der Waals surface area contributed by atoms with E-state index in [2.05, 4.69) is 31.3 Å². The standard InChI is InChI=1S/C16H24N2OS/c1-12(2)20-15-6-4-14(5-7-15)16(19)18-9-8-13(11-18)10-17-3/h4-7,12-13,17H,8-11H2,1-3H3. The summed E-state index contributed by atoms with van der Waals surface area (Å²) in [6, 6.07) is 8.02. The predicted molar refractivity (Wildman–Crippen MR) is 85.4 cm³/mol. The van der Waals surface area contributed by atoms with Crippen LogP contribution in [0.15, 0.2) is 29.2 Å². The van der Waals surface area contributed by atoms with Crippen LogP contribution in [0.5, 0.6) is 0 Å². The lowest BCUT2D eigenvalue weighted by molar-refractivity contribution is 0.0787. The van der Waals surface area contributed by atoms with Crippen LogP contribution in [0.2, 0.25) is 0 Å². The average molecular weight is 292 g/mol. The van der Waals surface area contributed by atoms with Gasteiger partial charge in [-0.1, -0.05) is 13.8 Å². The zero-order valence-electron chi connectivity index (χ0n) is 12.6. The number of benzene rings is 1. The molecule has 3 nitrogen and oxygen atoms in total. The van der Waals surface area contributed by atoms with Crippen molar-refractivity contribution in [1.82, 2.24) is 10.2 Å². The quantitative estimate of drug-likeness (QED) is 0.847. The third-order valence-electron chi connectivity index (χ3n) is 3.54. The molecule has 1 fully saturated rings. The molecule has 1 heterocycles. The van der Waals surface area contributed by atoms with Gasteiger partial charge in [-0.2, -0.15) is 0 Å². The van der Waals surface area contributed by atoms with Gasteiger partial charge in [-0.15, -0.1) is 11.8 Å². The Morgan fingerprint density at radius 3 is 2.70 bits per heavy atom. The average Bonchev–Trinajstić information content (AvgIpc) is 2.87. The topological polar surface area (TPSA) is 32.3 Å². The Labute approximate surface area is 126 Å². The summed E-state index contributed by atoms with van der Waals surface area (Å²) in [6.07, 6.45) is 1.11. The number of thioether (sulfide) groups is 1. The first kappa shape index (κ1) is 15.4. The molecule has 1 saturated heterocycles.